The van der Waals surface area contributed by atoms with Gasteiger partial charge in [-0.15, -0.1) is 12.8 Å². The summed E-state index contributed by atoms with van der Waals surface area (Å²) in [5, 5.41) is 0. The molecule has 2 aromatic heterocycles. The lowest BCUT2D eigenvalue weighted by Gasteiger charge is -2.19. The predicted molar refractivity (Wildman–Crippen MR) is 114 cm³/mol. The number of rotatable bonds is 2. The first-order valence-electron chi connectivity index (χ1n) is 9.86. The van der Waals surface area contributed by atoms with Crippen molar-refractivity contribution in [1.82, 2.24) is 19.8 Å². The summed E-state index contributed by atoms with van der Waals surface area (Å²) >= 11 is 0. The quantitative estimate of drug-likeness (QED) is 0.753. The maximum absolute atomic E-state index is 5.35. The van der Waals surface area contributed by atoms with Crippen LogP contribution in [0.2, 0.25) is 0 Å². The zero-order valence-electron chi connectivity index (χ0n) is 16.8. The number of hydrogen-bond acceptors (Lipinski definition) is 4. The molecule has 0 N–H and O–H groups in total. The van der Waals surface area contributed by atoms with Crippen LogP contribution in [0.5, 0.6) is 0 Å². The van der Waals surface area contributed by atoms with Crippen LogP contribution in [0.3, 0.4) is 0 Å². The predicted octanol–water partition coefficient (Wildman–Crippen LogP) is 3.66. The van der Waals surface area contributed by atoms with Gasteiger partial charge in [-0.2, -0.15) is 0 Å². The van der Waals surface area contributed by atoms with E-state index in [1.165, 1.54) is 49.9 Å². The molecule has 0 radical (unpaired) electrons. The highest BCUT2D eigenvalue weighted by molar-refractivity contribution is 5.34. The molecule has 4 heteroatoms. The van der Waals surface area contributed by atoms with Crippen LogP contribution in [-0.2, 0) is 0 Å². The van der Waals surface area contributed by atoms with E-state index >= 15 is 0 Å². The van der Waals surface area contributed by atoms with Crippen LogP contribution < -0.4 is 0 Å². The fourth-order valence-electron chi connectivity index (χ4n) is 4.10. The fourth-order valence-corrected chi connectivity index (χ4v) is 4.10. The van der Waals surface area contributed by atoms with Gasteiger partial charge in [0, 0.05) is 48.0 Å². The van der Waals surface area contributed by atoms with Crippen molar-refractivity contribution in [2.45, 2.75) is 37.8 Å². The molecule has 0 saturated carbocycles. The molecular formula is C24H28N4. The second-order valence-electron chi connectivity index (χ2n) is 7.58. The van der Waals surface area contributed by atoms with E-state index in [1.807, 2.05) is 12.4 Å². The Bertz CT molecular complexity index is 803. The van der Waals surface area contributed by atoms with Crippen LogP contribution in [0.1, 0.15) is 60.0 Å². The van der Waals surface area contributed by atoms with E-state index in [0.29, 0.717) is 12.1 Å². The van der Waals surface area contributed by atoms with Gasteiger partial charge in [0.1, 0.15) is 0 Å². The Hall–Kier alpha value is -2.66. The zero-order chi connectivity index (χ0) is 19.9. The van der Waals surface area contributed by atoms with Gasteiger partial charge in [-0.25, -0.2) is 0 Å². The third-order valence-corrected chi connectivity index (χ3v) is 5.66. The molecule has 0 spiro atoms. The Morgan fingerprint density at radius 2 is 1.21 bits per heavy atom. The van der Waals surface area contributed by atoms with Crippen LogP contribution in [0.4, 0.5) is 0 Å². The summed E-state index contributed by atoms with van der Waals surface area (Å²) < 4.78 is 0. The first-order chi connectivity index (χ1) is 13.6. The lowest BCUT2D eigenvalue weighted by atomic mass is 10.1. The van der Waals surface area contributed by atoms with Crippen molar-refractivity contribution >= 4 is 0 Å². The van der Waals surface area contributed by atoms with Crippen molar-refractivity contribution in [3.63, 3.8) is 0 Å². The van der Waals surface area contributed by atoms with Crippen LogP contribution in [-0.4, -0.2) is 47.0 Å². The third kappa shape index (κ3) is 4.78. The molecule has 2 atom stereocenters. The molecular weight excluding hydrogens is 344 g/mol. The average Bonchev–Trinajstić information content (AvgIpc) is 3.36. The van der Waals surface area contributed by atoms with Crippen molar-refractivity contribution in [3.05, 3.63) is 59.2 Å². The molecule has 0 amide bonds. The molecule has 0 bridgehead atoms. The normalized spacial score (nSPS) is 22.1. The van der Waals surface area contributed by atoms with Gasteiger partial charge in [-0.05, 0) is 76.1 Å². The SMILES string of the molecule is C#Cc1cncc([C@@H]2CCCN2C)c1.C#Cc1cncc([C@@H]2CCCN2C)c1. The van der Waals surface area contributed by atoms with E-state index in [-0.39, 0.29) is 0 Å². The van der Waals surface area contributed by atoms with Gasteiger partial charge in [-0.1, -0.05) is 11.8 Å². The van der Waals surface area contributed by atoms with Crippen LogP contribution in [0.25, 0.3) is 0 Å². The topological polar surface area (TPSA) is 32.3 Å². The van der Waals surface area contributed by atoms with Crippen LogP contribution >= 0.6 is 0 Å². The van der Waals surface area contributed by atoms with Crippen molar-refractivity contribution < 1.29 is 0 Å². The Labute approximate surface area is 169 Å². The largest absolute Gasteiger partial charge is 0.299 e. The molecule has 144 valence electrons. The van der Waals surface area contributed by atoms with Gasteiger partial charge >= 0.3 is 0 Å². The maximum Gasteiger partial charge on any atom is 0.0429 e. The first kappa shape index (κ1) is 20.1. The second-order valence-corrected chi connectivity index (χ2v) is 7.58. The summed E-state index contributed by atoms with van der Waals surface area (Å²) in [6.07, 6.45) is 23.0. The minimum Gasteiger partial charge on any atom is -0.299 e. The van der Waals surface area contributed by atoms with Crippen LogP contribution in [0.15, 0.2) is 36.9 Å². The number of aromatic nitrogens is 2. The van der Waals surface area contributed by atoms with Gasteiger partial charge in [-0.3, -0.25) is 19.8 Å². The van der Waals surface area contributed by atoms with Crippen molar-refractivity contribution in [3.8, 4) is 24.7 Å². The first-order valence-corrected chi connectivity index (χ1v) is 9.86. The van der Waals surface area contributed by atoms with Gasteiger partial charge in [0.2, 0.25) is 0 Å². The van der Waals surface area contributed by atoms with Gasteiger partial charge < -0.3 is 0 Å². The summed E-state index contributed by atoms with van der Waals surface area (Å²) in [6.45, 7) is 2.34. The summed E-state index contributed by atoms with van der Waals surface area (Å²) in [5.74, 6) is 5.25. The number of pyridine rings is 2. The summed E-state index contributed by atoms with van der Waals surface area (Å²) in [7, 11) is 4.31. The Morgan fingerprint density at radius 1 is 0.786 bits per heavy atom. The van der Waals surface area contributed by atoms with Crippen molar-refractivity contribution in [2.24, 2.45) is 0 Å². The molecule has 4 nitrogen and oxygen atoms in total. The average molecular weight is 373 g/mol. The fraction of sp³-hybridized carbons (Fsp3) is 0.417. The minimum atomic E-state index is 0.510. The molecule has 2 aliphatic heterocycles. The standard InChI is InChI=1S/2C12H14N2/c2*1-3-10-7-11(9-13-8-10)12-5-4-6-14(12)2/h2*1,7-9,12H,4-6H2,2H3/t2*12-/m00/s1. The van der Waals surface area contributed by atoms with E-state index < -0.39 is 0 Å². The molecule has 4 heterocycles. The molecule has 0 aliphatic carbocycles. The van der Waals surface area contributed by atoms with Gasteiger partial charge in [0.15, 0.2) is 0 Å². The number of hydrogen-bond donors (Lipinski definition) is 0. The van der Waals surface area contributed by atoms with E-state index in [1.54, 1.807) is 12.4 Å². The van der Waals surface area contributed by atoms with E-state index in [4.69, 9.17) is 12.8 Å². The Kier molecular flexibility index (Phi) is 6.82. The van der Waals surface area contributed by atoms with Gasteiger partial charge in [0.05, 0.1) is 0 Å². The Morgan fingerprint density at radius 3 is 1.54 bits per heavy atom. The Balaban J connectivity index is 0.000000161. The smallest absolute Gasteiger partial charge is 0.0429 e. The van der Waals surface area contributed by atoms with E-state index in [9.17, 15) is 0 Å². The number of likely N-dealkylation sites (tertiary alicyclic amines) is 2. The number of nitrogens with zero attached hydrogens (tertiary/aromatic N) is 4. The molecule has 28 heavy (non-hydrogen) atoms. The highest BCUT2D eigenvalue weighted by Gasteiger charge is 2.23. The molecule has 2 fully saturated rings. The molecule has 0 unspecified atom stereocenters. The summed E-state index contributed by atoms with van der Waals surface area (Å²) in [5.41, 5.74) is 4.26. The minimum absolute atomic E-state index is 0.510. The third-order valence-electron chi connectivity index (χ3n) is 5.66. The molecule has 4 rings (SSSR count). The lowest BCUT2D eigenvalue weighted by molar-refractivity contribution is 0.317. The van der Waals surface area contributed by atoms with E-state index in [0.717, 1.165) is 11.1 Å². The molecule has 2 saturated heterocycles. The zero-order valence-corrected chi connectivity index (χ0v) is 16.8. The van der Waals surface area contributed by atoms with Gasteiger partial charge in [0.25, 0.3) is 0 Å². The van der Waals surface area contributed by atoms with E-state index in [2.05, 4.69) is 57.8 Å². The summed E-state index contributed by atoms with van der Waals surface area (Å²) in [6, 6.07) is 5.16. The monoisotopic (exact) mass is 372 g/mol. The molecule has 0 aromatic carbocycles. The highest BCUT2D eigenvalue weighted by Crippen LogP contribution is 2.30. The van der Waals surface area contributed by atoms with Crippen LogP contribution in [0, 0.1) is 24.7 Å². The molecule has 2 aromatic rings. The molecule has 2 aliphatic rings. The maximum atomic E-state index is 5.35. The highest BCUT2D eigenvalue weighted by atomic mass is 15.1. The second kappa shape index (κ2) is 9.51. The van der Waals surface area contributed by atoms with Crippen molar-refractivity contribution in [1.29, 1.82) is 0 Å². The summed E-state index contributed by atoms with van der Waals surface area (Å²) in [4.78, 5) is 13.0. The van der Waals surface area contributed by atoms with Crippen molar-refractivity contribution in [2.75, 3.05) is 27.2 Å². The lowest BCUT2D eigenvalue weighted by Crippen LogP contribution is -2.17. The number of terminal acetylenes is 2.